The van der Waals surface area contributed by atoms with Gasteiger partial charge in [-0.15, -0.1) is 11.3 Å². The highest BCUT2D eigenvalue weighted by Gasteiger charge is 2.23. The molecule has 10 heteroatoms. The van der Waals surface area contributed by atoms with E-state index < -0.39 is 0 Å². The number of methoxy groups -OCH3 is 3. The third-order valence-electron chi connectivity index (χ3n) is 5.48. The minimum Gasteiger partial charge on any atom is -0.493 e. The summed E-state index contributed by atoms with van der Waals surface area (Å²) in [5.41, 5.74) is 3.04. The van der Waals surface area contributed by atoms with Crippen molar-refractivity contribution in [2.24, 2.45) is 0 Å². The third-order valence-corrected chi connectivity index (χ3v) is 6.41. The Morgan fingerprint density at radius 3 is 2.31 bits per heavy atom. The number of carbonyl (C=O) groups is 2. The largest absolute Gasteiger partial charge is 0.493 e. The van der Waals surface area contributed by atoms with Gasteiger partial charge in [-0.3, -0.25) is 9.59 Å². The molecule has 2 amide bonds. The first-order valence-corrected chi connectivity index (χ1v) is 11.4. The summed E-state index contributed by atoms with van der Waals surface area (Å²) < 4.78 is 16.0. The number of nitrogens with one attached hydrogen (secondary N) is 2. The molecule has 0 aliphatic carbocycles. The van der Waals surface area contributed by atoms with Crippen LogP contribution in [0.4, 0.5) is 5.69 Å². The summed E-state index contributed by atoms with van der Waals surface area (Å²) in [6.07, 6.45) is 2.09. The molecule has 0 unspecified atom stereocenters. The summed E-state index contributed by atoms with van der Waals surface area (Å²) in [7, 11) is 4.61. The van der Waals surface area contributed by atoms with E-state index in [4.69, 9.17) is 14.2 Å². The maximum Gasteiger partial charge on any atom is 0.263 e. The van der Waals surface area contributed by atoms with Gasteiger partial charge in [0.1, 0.15) is 4.88 Å². The topological polar surface area (TPSA) is 102 Å². The van der Waals surface area contributed by atoms with Crippen molar-refractivity contribution in [2.75, 3.05) is 46.3 Å². The fourth-order valence-electron chi connectivity index (χ4n) is 3.71. The molecule has 1 saturated heterocycles. The lowest BCUT2D eigenvalue weighted by atomic mass is 10.0. The number of rotatable bonds is 9. The van der Waals surface area contributed by atoms with Gasteiger partial charge in [0.15, 0.2) is 11.5 Å². The smallest absolute Gasteiger partial charge is 0.263 e. The number of anilines is 1. The highest BCUT2D eigenvalue weighted by molar-refractivity contribution is 7.11. The van der Waals surface area contributed by atoms with Crippen molar-refractivity contribution < 1.29 is 23.8 Å². The number of nitrogens with zero attached hydrogens (tertiary/aromatic N) is 2. The van der Waals surface area contributed by atoms with Gasteiger partial charge in [-0.25, -0.2) is 4.98 Å². The molecule has 1 fully saturated rings. The summed E-state index contributed by atoms with van der Waals surface area (Å²) in [4.78, 5) is 31.9. The van der Waals surface area contributed by atoms with Crippen LogP contribution in [0.5, 0.6) is 17.2 Å². The van der Waals surface area contributed by atoms with E-state index in [9.17, 15) is 9.59 Å². The van der Waals surface area contributed by atoms with Gasteiger partial charge in [0.05, 0.1) is 32.5 Å². The Morgan fingerprint density at radius 1 is 1.12 bits per heavy atom. The van der Waals surface area contributed by atoms with Gasteiger partial charge >= 0.3 is 0 Å². The second-order valence-electron chi connectivity index (χ2n) is 7.57. The number of benzene rings is 1. The Hall–Kier alpha value is -2.85. The summed E-state index contributed by atoms with van der Waals surface area (Å²) in [5.74, 6) is 1.32. The molecule has 1 aliphatic heterocycles. The number of likely N-dealkylation sites (tertiary alicyclic amines) is 1. The first-order chi connectivity index (χ1) is 15.4. The van der Waals surface area contributed by atoms with E-state index in [2.05, 4.69) is 20.5 Å². The summed E-state index contributed by atoms with van der Waals surface area (Å²) in [6, 6.07) is 3.56. The Morgan fingerprint density at radius 2 is 1.78 bits per heavy atom. The quantitative estimate of drug-likeness (QED) is 0.591. The van der Waals surface area contributed by atoms with Crippen LogP contribution in [-0.2, 0) is 4.79 Å². The molecule has 1 aromatic heterocycles. The molecule has 2 N–H and O–H groups in total. The van der Waals surface area contributed by atoms with E-state index in [1.54, 1.807) is 17.6 Å². The van der Waals surface area contributed by atoms with Crippen LogP contribution in [0.3, 0.4) is 0 Å². The van der Waals surface area contributed by atoms with Crippen molar-refractivity contribution in [3.8, 4) is 17.2 Å². The normalized spacial score (nSPS) is 14.6. The van der Waals surface area contributed by atoms with Crippen LogP contribution in [0.2, 0.25) is 0 Å². The highest BCUT2D eigenvalue weighted by atomic mass is 32.1. The number of carbonyl (C=O) groups excluding carboxylic acids is 2. The number of piperidine rings is 1. The molecule has 0 atom stereocenters. The molecule has 1 aliphatic rings. The SMILES string of the molecule is COc1cc(NC(=O)CCN2CCC(NC(=O)c3scnc3C)CC2)cc(OC)c1OC. The Labute approximate surface area is 192 Å². The highest BCUT2D eigenvalue weighted by Crippen LogP contribution is 2.39. The summed E-state index contributed by atoms with van der Waals surface area (Å²) >= 11 is 1.36. The molecular formula is C22H30N4O5S. The van der Waals surface area contributed by atoms with Crippen molar-refractivity contribution in [3.05, 3.63) is 28.2 Å². The van der Waals surface area contributed by atoms with Crippen molar-refractivity contribution in [3.63, 3.8) is 0 Å². The van der Waals surface area contributed by atoms with Gasteiger partial charge in [0.2, 0.25) is 11.7 Å². The molecule has 0 radical (unpaired) electrons. The average Bonchev–Trinajstić information content (AvgIpc) is 3.23. The molecule has 2 heterocycles. The van der Waals surface area contributed by atoms with Crippen LogP contribution in [0, 0.1) is 6.92 Å². The van der Waals surface area contributed by atoms with Crippen molar-refractivity contribution >= 4 is 28.8 Å². The van der Waals surface area contributed by atoms with E-state index in [-0.39, 0.29) is 17.9 Å². The second-order valence-corrected chi connectivity index (χ2v) is 8.42. The first kappa shape index (κ1) is 23.8. The number of amides is 2. The molecule has 3 rings (SSSR count). The minimum atomic E-state index is -0.0876. The van der Waals surface area contributed by atoms with E-state index in [1.165, 1.54) is 32.7 Å². The fourth-order valence-corrected chi connectivity index (χ4v) is 4.41. The predicted molar refractivity (Wildman–Crippen MR) is 123 cm³/mol. The molecule has 0 bridgehead atoms. The van der Waals surface area contributed by atoms with E-state index in [0.717, 1.165) is 31.6 Å². The Balaban J connectivity index is 1.44. The molecule has 0 spiro atoms. The van der Waals surface area contributed by atoms with E-state index in [1.807, 2.05) is 6.92 Å². The zero-order chi connectivity index (χ0) is 23.1. The number of aromatic nitrogens is 1. The van der Waals surface area contributed by atoms with Gasteiger partial charge < -0.3 is 29.7 Å². The zero-order valence-electron chi connectivity index (χ0n) is 18.9. The lowest BCUT2D eigenvalue weighted by Gasteiger charge is -2.32. The van der Waals surface area contributed by atoms with Crippen LogP contribution < -0.4 is 24.8 Å². The van der Waals surface area contributed by atoms with E-state index >= 15 is 0 Å². The van der Waals surface area contributed by atoms with Crippen LogP contribution in [0.25, 0.3) is 0 Å². The number of hydrogen-bond donors (Lipinski definition) is 2. The predicted octanol–water partition coefficient (Wildman–Crippen LogP) is 2.70. The third kappa shape index (κ3) is 5.89. The maximum absolute atomic E-state index is 12.5. The molecule has 32 heavy (non-hydrogen) atoms. The van der Waals surface area contributed by atoms with Crippen LogP contribution in [0.15, 0.2) is 17.6 Å². The Bertz CT molecular complexity index is 915. The summed E-state index contributed by atoms with van der Waals surface area (Å²) in [5, 5.41) is 6.00. The molecule has 2 aromatic rings. The van der Waals surface area contributed by atoms with Crippen molar-refractivity contribution in [1.82, 2.24) is 15.2 Å². The number of aryl methyl sites for hydroxylation is 1. The monoisotopic (exact) mass is 462 g/mol. The lowest BCUT2D eigenvalue weighted by Crippen LogP contribution is -2.45. The van der Waals surface area contributed by atoms with Crippen LogP contribution >= 0.6 is 11.3 Å². The molecule has 0 saturated carbocycles. The van der Waals surface area contributed by atoms with Gasteiger partial charge in [-0.2, -0.15) is 0 Å². The van der Waals surface area contributed by atoms with Gasteiger partial charge in [-0.05, 0) is 19.8 Å². The zero-order valence-corrected chi connectivity index (χ0v) is 19.7. The van der Waals surface area contributed by atoms with Crippen LogP contribution in [0.1, 0.15) is 34.6 Å². The average molecular weight is 463 g/mol. The first-order valence-electron chi connectivity index (χ1n) is 10.5. The van der Waals surface area contributed by atoms with Crippen molar-refractivity contribution in [1.29, 1.82) is 0 Å². The van der Waals surface area contributed by atoms with Crippen LogP contribution in [-0.4, -0.2) is 68.7 Å². The summed E-state index contributed by atoms with van der Waals surface area (Å²) in [6.45, 7) is 4.18. The molecule has 9 nitrogen and oxygen atoms in total. The maximum atomic E-state index is 12.5. The molecular weight excluding hydrogens is 432 g/mol. The number of hydrogen-bond acceptors (Lipinski definition) is 8. The van der Waals surface area contributed by atoms with Gasteiger partial charge in [0, 0.05) is 49.9 Å². The standard InChI is InChI=1S/C22H30N4O5S/c1-14-21(32-13-23-14)22(28)25-15-5-8-26(9-6-15)10-7-19(27)24-16-11-17(29-2)20(31-4)18(12-16)30-3/h11-13,15H,5-10H2,1-4H3,(H,24,27)(H,25,28). The number of thiazole rings is 1. The van der Waals surface area contributed by atoms with Crippen molar-refractivity contribution in [2.45, 2.75) is 32.2 Å². The van der Waals surface area contributed by atoms with E-state index in [0.29, 0.717) is 40.8 Å². The minimum absolute atomic E-state index is 0.0480. The lowest BCUT2D eigenvalue weighted by molar-refractivity contribution is -0.116. The Kier molecular flexibility index (Phi) is 8.29. The molecule has 1 aromatic carbocycles. The molecule has 174 valence electrons. The second kappa shape index (κ2) is 11.1. The van der Waals surface area contributed by atoms with Gasteiger partial charge in [0.25, 0.3) is 5.91 Å². The van der Waals surface area contributed by atoms with Gasteiger partial charge in [-0.1, -0.05) is 0 Å². The number of ether oxygens (including phenoxy) is 3. The fraction of sp³-hybridized carbons (Fsp3) is 0.500.